The molecule has 0 radical (unpaired) electrons. The van der Waals surface area contributed by atoms with Gasteiger partial charge in [-0.3, -0.25) is 9.69 Å². The van der Waals surface area contributed by atoms with Crippen LogP contribution in [-0.4, -0.2) is 46.7 Å². The van der Waals surface area contributed by atoms with Crippen molar-refractivity contribution in [3.05, 3.63) is 35.9 Å². The molecule has 2 aliphatic rings. The summed E-state index contributed by atoms with van der Waals surface area (Å²) in [4.78, 5) is 26.8. The van der Waals surface area contributed by atoms with Gasteiger partial charge in [-0.25, -0.2) is 4.79 Å². The Labute approximate surface area is 168 Å². The monoisotopic (exact) mass is 412 g/mol. The molecule has 160 valence electrons. The summed E-state index contributed by atoms with van der Waals surface area (Å²) in [6, 6.07) is 9.63. The van der Waals surface area contributed by atoms with E-state index < -0.39 is 35.4 Å². The Morgan fingerprint density at radius 3 is 2.55 bits per heavy atom. The first-order valence-electron chi connectivity index (χ1n) is 10.1. The van der Waals surface area contributed by atoms with Crippen molar-refractivity contribution in [2.75, 3.05) is 13.1 Å². The Bertz CT molecular complexity index is 726. The molecule has 1 aliphatic carbocycles. The van der Waals surface area contributed by atoms with E-state index in [9.17, 15) is 27.9 Å². The maximum Gasteiger partial charge on any atom is 0.391 e. The summed E-state index contributed by atoms with van der Waals surface area (Å²) in [6.07, 6.45) is -3.00. The fourth-order valence-corrected chi connectivity index (χ4v) is 4.51. The third-order valence-electron chi connectivity index (χ3n) is 6.10. The minimum atomic E-state index is -4.32. The number of carbonyl (C=O) groups is 2. The molecule has 29 heavy (non-hydrogen) atoms. The summed E-state index contributed by atoms with van der Waals surface area (Å²) >= 11 is 0. The maximum absolute atomic E-state index is 13.1. The number of piperidine rings is 1. The number of aliphatic carboxylic acids is 1. The fourth-order valence-electron chi connectivity index (χ4n) is 4.51. The molecular formula is C21H27F3N2O3. The highest BCUT2D eigenvalue weighted by Crippen LogP contribution is 2.40. The Morgan fingerprint density at radius 1 is 1.17 bits per heavy atom. The molecule has 0 aromatic heterocycles. The first kappa shape index (κ1) is 21.6. The molecule has 1 saturated heterocycles. The normalized spacial score (nSPS) is 28.7. The number of nitrogens with one attached hydrogen (secondary N) is 1. The largest absolute Gasteiger partial charge is 0.479 e. The number of carboxylic acids is 1. The van der Waals surface area contributed by atoms with E-state index >= 15 is 0 Å². The van der Waals surface area contributed by atoms with Crippen molar-refractivity contribution < 1.29 is 27.9 Å². The molecule has 5 nitrogen and oxygen atoms in total. The molecule has 0 spiro atoms. The van der Waals surface area contributed by atoms with Gasteiger partial charge in [0, 0.05) is 19.0 Å². The molecule has 1 aromatic carbocycles. The van der Waals surface area contributed by atoms with Crippen LogP contribution in [0.1, 0.15) is 44.1 Å². The minimum Gasteiger partial charge on any atom is -0.479 e. The van der Waals surface area contributed by atoms with E-state index in [1.165, 1.54) is 0 Å². The number of hydrogen-bond donors (Lipinski definition) is 2. The highest BCUT2D eigenvalue weighted by molar-refractivity contribution is 5.88. The smallest absolute Gasteiger partial charge is 0.391 e. The molecule has 8 heteroatoms. The van der Waals surface area contributed by atoms with E-state index in [2.05, 4.69) is 5.32 Å². The first-order chi connectivity index (χ1) is 13.7. The van der Waals surface area contributed by atoms with Gasteiger partial charge in [-0.15, -0.1) is 0 Å². The van der Waals surface area contributed by atoms with Gasteiger partial charge in [0.2, 0.25) is 5.91 Å². The van der Waals surface area contributed by atoms with Crippen LogP contribution in [0.2, 0.25) is 0 Å². The standard InChI is InChI=1S/C21H27F3N2O3/c22-21(23,24)17-9-4-8-16(12-17)18(27)25-20(19(28)29)10-5-11-26(14-20)13-15-6-2-1-3-7-15/h1-3,6-7,16-17H,4-5,8-14H2,(H,25,27)(H,28,29)/t16-,17+,20-/m1/s1. The molecule has 0 bridgehead atoms. The van der Waals surface area contributed by atoms with Crippen molar-refractivity contribution in [2.24, 2.45) is 11.8 Å². The van der Waals surface area contributed by atoms with Crippen molar-refractivity contribution in [1.82, 2.24) is 10.2 Å². The van der Waals surface area contributed by atoms with Crippen molar-refractivity contribution in [2.45, 2.75) is 56.8 Å². The predicted molar refractivity (Wildman–Crippen MR) is 101 cm³/mol. The van der Waals surface area contributed by atoms with Crippen molar-refractivity contribution in [3.8, 4) is 0 Å². The van der Waals surface area contributed by atoms with Gasteiger partial charge < -0.3 is 10.4 Å². The van der Waals surface area contributed by atoms with Crippen molar-refractivity contribution in [1.29, 1.82) is 0 Å². The molecule has 3 atom stereocenters. The summed E-state index contributed by atoms with van der Waals surface area (Å²) in [6.45, 7) is 1.41. The van der Waals surface area contributed by atoms with Crippen LogP contribution in [0.4, 0.5) is 13.2 Å². The van der Waals surface area contributed by atoms with E-state index in [1.807, 2.05) is 35.2 Å². The van der Waals surface area contributed by atoms with E-state index in [0.717, 1.165) is 5.56 Å². The Morgan fingerprint density at radius 2 is 1.90 bits per heavy atom. The number of carboxylic acid groups (broad SMARTS) is 1. The molecule has 3 rings (SSSR count). The van der Waals surface area contributed by atoms with Crippen LogP contribution in [0.25, 0.3) is 0 Å². The Hall–Kier alpha value is -2.09. The first-order valence-corrected chi connectivity index (χ1v) is 10.1. The summed E-state index contributed by atoms with van der Waals surface area (Å²) in [5, 5.41) is 12.5. The third-order valence-corrected chi connectivity index (χ3v) is 6.10. The molecular weight excluding hydrogens is 385 g/mol. The summed E-state index contributed by atoms with van der Waals surface area (Å²) < 4.78 is 39.2. The van der Waals surface area contributed by atoms with Crippen LogP contribution in [0, 0.1) is 11.8 Å². The lowest BCUT2D eigenvalue weighted by Gasteiger charge is -2.41. The van der Waals surface area contributed by atoms with Crippen molar-refractivity contribution >= 4 is 11.9 Å². The molecule has 0 unspecified atom stereocenters. The third kappa shape index (κ3) is 5.29. The molecule has 1 saturated carbocycles. The second-order valence-electron chi connectivity index (χ2n) is 8.28. The number of likely N-dealkylation sites (tertiary alicyclic amines) is 1. The lowest BCUT2D eigenvalue weighted by Crippen LogP contribution is -2.64. The second-order valence-corrected chi connectivity index (χ2v) is 8.28. The van der Waals surface area contributed by atoms with E-state index in [1.54, 1.807) is 0 Å². The SMILES string of the molecule is O=C(N[C@]1(C(=O)O)CCCN(Cc2ccccc2)C1)[C@@H]1CCC[C@H](C(F)(F)F)C1. The number of alkyl halides is 3. The predicted octanol–water partition coefficient (Wildman–Crippen LogP) is 3.59. The second kappa shape index (κ2) is 8.73. The number of benzene rings is 1. The summed E-state index contributed by atoms with van der Waals surface area (Å²) in [5.41, 5.74) is -0.421. The molecule has 1 amide bonds. The van der Waals surface area contributed by atoms with E-state index in [4.69, 9.17) is 0 Å². The average molecular weight is 412 g/mol. The number of amides is 1. The number of halogens is 3. The molecule has 1 heterocycles. The maximum atomic E-state index is 13.1. The molecule has 1 aromatic rings. The minimum absolute atomic E-state index is 0.0300. The van der Waals surface area contributed by atoms with Crippen LogP contribution in [0.15, 0.2) is 30.3 Å². The van der Waals surface area contributed by atoms with Crippen LogP contribution in [-0.2, 0) is 16.1 Å². The molecule has 1 aliphatic heterocycles. The van der Waals surface area contributed by atoms with E-state index in [0.29, 0.717) is 32.4 Å². The number of rotatable bonds is 5. The average Bonchev–Trinajstić information content (AvgIpc) is 2.68. The summed E-state index contributed by atoms with van der Waals surface area (Å²) in [7, 11) is 0. The fraction of sp³-hybridized carbons (Fsp3) is 0.619. The molecule has 2 fully saturated rings. The summed E-state index contributed by atoms with van der Waals surface area (Å²) in [5.74, 6) is -3.99. The lowest BCUT2D eigenvalue weighted by atomic mass is 9.79. The van der Waals surface area contributed by atoms with Crippen LogP contribution in [0.5, 0.6) is 0 Å². The van der Waals surface area contributed by atoms with Gasteiger partial charge in [0.1, 0.15) is 0 Å². The number of carbonyl (C=O) groups excluding carboxylic acids is 1. The van der Waals surface area contributed by atoms with Crippen LogP contribution >= 0.6 is 0 Å². The number of hydrogen-bond acceptors (Lipinski definition) is 3. The molecule has 2 N–H and O–H groups in total. The van der Waals surface area contributed by atoms with Gasteiger partial charge in [-0.1, -0.05) is 36.8 Å². The highest BCUT2D eigenvalue weighted by Gasteiger charge is 2.47. The zero-order valence-corrected chi connectivity index (χ0v) is 16.3. The van der Waals surface area contributed by atoms with Gasteiger partial charge in [0.15, 0.2) is 5.54 Å². The van der Waals surface area contributed by atoms with Gasteiger partial charge in [0.25, 0.3) is 0 Å². The Balaban J connectivity index is 1.68. The van der Waals surface area contributed by atoms with Crippen molar-refractivity contribution in [3.63, 3.8) is 0 Å². The van der Waals surface area contributed by atoms with Gasteiger partial charge in [-0.2, -0.15) is 13.2 Å². The lowest BCUT2D eigenvalue weighted by molar-refractivity contribution is -0.186. The van der Waals surface area contributed by atoms with Crippen LogP contribution in [0.3, 0.4) is 0 Å². The zero-order chi connectivity index (χ0) is 21.1. The topological polar surface area (TPSA) is 69.6 Å². The highest BCUT2D eigenvalue weighted by atomic mass is 19.4. The van der Waals surface area contributed by atoms with Gasteiger partial charge in [-0.05, 0) is 44.2 Å². The quantitative estimate of drug-likeness (QED) is 0.776. The van der Waals surface area contributed by atoms with Crippen LogP contribution < -0.4 is 5.32 Å². The van der Waals surface area contributed by atoms with Gasteiger partial charge >= 0.3 is 12.1 Å². The zero-order valence-electron chi connectivity index (χ0n) is 16.3. The Kier molecular flexibility index (Phi) is 6.51. The van der Waals surface area contributed by atoms with Gasteiger partial charge in [0.05, 0.1) is 5.92 Å². The number of nitrogens with zero attached hydrogens (tertiary/aromatic N) is 1. The van der Waals surface area contributed by atoms with E-state index in [-0.39, 0.29) is 25.8 Å².